The first-order valence-electron chi connectivity index (χ1n) is 7.47. The molecule has 0 bridgehead atoms. The van der Waals surface area contributed by atoms with Gasteiger partial charge in [0.25, 0.3) is 5.91 Å². The number of hydrogen-bond donors (Lipinski definition) is 3. The molecule has 0 aliphatic heterocycles. The maximum absolute atomic E-state index is 13.3. The lowest BCUT2D eigenvalue weighted by molar-refractivity contribution is -0.184. The third kappa shape index (κ3) is 2.97. The van der Waals surface area contributed by atoms with Crippen LogP contribution in [0.1, 0.15) is 36.0 Å². The van der Waals surface area contributed by atoms with Crippen molar-refractivity contribution < 1.29 is 18.0 Å². The first kappa shape index (κ1) is 15.6. The number of amides is 1. The van der Waals surface area contributed by atoms with Gasteiger partial charge in [0.05, 0.1) is 17.2 Å². The summed E-state index contributed by atoms with van der Waals surface area (Å²) in [6.45, 7) is 0. The van der Waals surface area contributed by atoms with Crippen LogP contribution in [0.4, 0.5) is 18.9 Å². The van der Waals surface area contributed by atoms with Crippen molar-refractivity contribution in [1.82, 2.24) is 9.97 Å². The van der Waals surface area contributed by atoms with Gasteiger partial charge in [0.2, 0.25) is 0 Å². The van der Waals surface area contributed by atoms with E-state index in [0.29, 0.717) is 29.6 Å². The zero-order valence-corrected chi connectivity index (χ0v) is 12.3. The van der Waals surface area contributed by atoms with E-state index in [9.17, 15) is 18.0 Å². The van der Waals surface area contributed by atoms with Crippen LogP contribution < -0.4 is 11.1 Å². The number of primary amides is 1. The first-order chi connectivity index (χ1) is 10.9. The quantitative estimate of drug-likeness (QED) is 0.810. The Hall–Kier alpha value is -2.25. The van der Waals surface area contributed by atoms with Crippen molar-refractivity contribution in [1.29, 1.82) is 0 Å². The number of aromatic nitrogens is 2. The molecule has 23 heavy (non-hydrogen) atoms. The predicted octanol–water partition coefficient (Wildman–Crippen LogP) is 3.19. The molecule has 1 saturated carbocycles. The molecular formula is C15H17F3N4O. The van der Waals surface area contributed by atoms with Crippen molar-refractivity contribution in [2.75, 3.05) is 5.32 Å². The topological polar surface area (TPSA) is 83.8 Å². The molecule has 1 aliphatic rings. The summed E-state index contributed by atoms with van der Waals surface area (Å²) in [6, 6.07) is 0.894. The maximum atomic E-state index is 13.3. The molecule has 2 aromatic heterocycles. The smallest absolute Gasteiger partial charge is 0.380 e. The van der Waals surface area contributed by atoms with Gasteiger partial charge in [0, 0.05) is 23.8 Å². The minimum absolute atomic E-state index is 0.0917. The van der Waals surface area contributed by atoms with Crippen LogP contribution in [0.3, 0.4) is 0 Å². The summed E-state index contributed by atoms with van der Waals surface area (Å²) >= 11 is 0. The molecule has 3 rings (SSSR count). The number of hydrogen-bond acceptors (Lipinski definition) is 3. The number of fused-ring (bicyclic) bond motifs is 1. The highest BCUT2D eigenvalue weighted by molar-refractivity contribution is 6.05. The Labute approximate surface area is 130 Å². The molecule has 124 valence electrons. The van der Waals surface area contributed by atoms with Crippen molar-refractivity contribution >= 4 is 22.6 Å². The van der Waals surface area contributed by atoms with Crippen LogP contribution in [0.15, 0.2) is 18.5 Å². The monoisotopic (exact) mass is 326 g/mol. The Morgan fingerprint density at radius 3 is 2.78 bits per heavy atom. The molecule has 1 aliphatic carbocycles. The number of carbonyl (C=O) groups excluding carboxylic acids is 1. The Bertz CT molecular complexity index is 725. The van der Waals surface area contributed by atoms with Gasteiger partial charge in [-0.05, 0) is 18.9 Å². The van der Waals surface area contributed by atoms with Gasteiger partial charge in [0.15, 0.2) is 0 Å². The number of nitrogens with two attached hydrogens (primary N) is 1. The standard InChI is InChI=1S/C15H17F3N4O/c16-15(17,18)10-3-1-2-4-11(10)22-12-8-5-6-20-14(8)21-7-9(12)13(19)23/h5-7,10-11H,1-4H2,(H2,19,23)(H2,20,21,22)/t10-,11+/m1/s1. The summed E-state index contributed by atoms with van der Waals surface area (Å²) in [5.74, 6) is -2.15. The average Bonchev–Trinajstić information content (AvgIpc) is 2.95. The molecule has 1 amide bonds. The molecule has 2 aromatic rings. The van der Waals surface area contributed by atoms with Gasteiger partial charge < -0.3 is 16.0 Å². The summed E-state index contributed by atoms with van der Waals surface area (Å²) in [5.41, 5.74) is 6.27. The van der Waals surface area contributed by atoms with E-state index in [2.05, 4.69) is 15.3 Å². The number of rotatable bonds is 3. The molecule has 2 heterocycles. The number of nitrogens with one attached hydrogen (secondary N) is 2. The van der Waals surface area contributed by atoms with Crippen LogP contribution in [0.2, 0.25) is 0 Å². The van der Waals surface area contributed by atoms with Gasteiger partial charge >= 0.3 is 6.18 Å². The second-order valence-corrected chi connectivity index (χ2v) is 5.83. The number of alkyl halides is 3. The van der Waals surface area contributed by atoms with Crippen LogP contribution >= 0.6 is 0 Å². The Balaban J connectivity index is 2.00. The first-order valence-corrected chi connectivity index (χ1v) is 7.47. The van der Waals surface area contributed by atoms with Crippen molar-refractivity contribution in [2.24, 2.45) is 11.7 Å². The van der Waals surface area contributed by atoms with E-state index in [-0.39, 0.29) is 12.0 Å². The molecule has 8 heteroatoms. The SMILES string of the molecule is NC(=O)c1cnc2[nH]ccc2c1N[C@H]1CCCC[C@H]1C(F)(F)F. The Kier molecular flexibility index (Phi) is 3.91. The van der Waals surface area contributed by atoms with E-state index in [1.54, 1.807) is 12.3 Å². The highest BCUT2D eigenvalue weighted by Gasteiger charge is 2.45. The summed E-state index contributed by atoms with van der Waals surface area (Å²) in [5, 5.41) is 3.50. The zero-order chi connectivity index (χ0) is 16.6. The normalized spacial score (nSPS) is 22.2. The molecule has 0 radical (unpaired) electrons. The van der Waals surface area contributed by atoms with E-state index in [0.717, 1.165) is 6.42 Å². The second-order valence-electron chi connectivity index (χ2n) is 5.83. The number of H-pyrrole nitrogens is 1. The fourth-order valence-electron chi connectivity index (χ4n) is 3.23. The van der Waals surface area contributed by atoms with Crippen LogP contribution in [-0.4, -0.2) is 28.1 Å². The van der Waals surface area contributed by atoms with E-state index in [1.807, 2.05) is 0 Å². The predicted molar refractivity (Wildman–Crippen MR) is 80.0 cm³/mol. The molecule has 0 unspecified atom stereocenters. The fourth-order valence-corrected chi connectivity index (χ4v) is 3.23. The van der Waals surface area contributed by atoms with Crippen LogP contribution in [0.25, 0.3) is 11.0 Å². The van der Waals surface area contributed by atoms with E-state index >= 15 is 0 Å². The van der Waals surface area contributed by atoms with Crippen molar-refractivity contribution in [3.05, 3.63) is 24.0 Å². The third-order valence-electron chi connectivity index (χ3n) is 4.37. The molecule has 0 saturated heterocycles. The fraction of sp³-hybridized carbons (Fsp3) is 0.467. The van der Waals surface area contributed by atoms with Gasteiger partial charge in [-0.2, -0.15) is 13.2 Å². The molecule has 4 N–H and O–H groups in total. The van der Waals surface area contributed by atoms with Crippen molar-refractivity contribution in [3.63, 3.8) is 0 Å². The molecule has 2 atom stereocenters. The number of carbonyl (C=O) groups is 1. The van der Waals surface area contributed by atoms with Gasteiger partial charge in [-0.3, -0.25) is 4.79 Å². The summed E-state index contributed by atoms with van der Waals surface area (Å²) in [7, 11) is 0. The van der Waals surface area contributed by atoms with Crippen molar-refractivity contribution in [2.45, 2.75) is 37.9 Å². The van der Waals surface area contributed by atoms with Gasteiger partial charge in [0.1, 0.15) is 5.65 Å². The molecule has 0 spiro atoms. The van der Waals surface area contributed by atoms with E-state index < -0.39 is 24.0 Å². The lowest BCUT2D eigenvalue weighted by Crippen LogP contribution is -2.41. The lowest BCUT2D eigenvalue weighted by atomic mass is 9.83. The highest BCUT2D eigenvalue weighted by atomic mass is 19.4. The van der Waals surface area contributed by atoms with Crippen LogP contribution in [-0.2, 0) is 0 Å². The maximum Gasteiger partial charge on any atom is 0.393 e. The summed E-state index contributed by atoms with van der Waals surface area (Å²) in [6.07, 6.45) is 0.406. The van der Waals surface area contributed by atoms with Gasteiger partial charge in [-0.25, -0.2) is 4.98 Å². The number of halogens is 3. The lowest BCUT2D eigenvalue weighted by Gasteiger charge is -2.34. The number of nitrogens with zero attached hydrogens (tertiary/aromatic N) is 1. The highest BCUT2D eigenvalue weighted by Crippen LogP contribution is 2.40. The van der Waals surface area contributed by atoms with Crippen LogP contribution in [0.5, 0.6) is 0 Å². The molecule has 5 nitrogen and oxygen atoms in total. The second kappa shape index (κ2) is 5.75. The zero-order valence-electron chi connectivity index (χ0n) is 12.3. The van der Waals surface area contributed by atoms with Crippen molar-refractivity contribution in [3.8, 4) is 0 Å². The Morgan fingerprint density at radius 1 is 1.35 bits per heavy atom. The summed E-state index contributed by atoms with van der Waals surface area (Å²) < 4.78 is 39.8. The average molecular weight is 326 g/mol. The Morgan fingerprint density at radius 2 is 2.09 bits per heavy atom. The number of aromatic amines is 1. The van der Waals surface area contributed by atoms with Gasteiger partial charge in [-0.1, -0.05) is 12.8 Å². The van der Waals surface area contributed by atoms with Gasteiger partial charge in [-0.15, -0.1) is 0 Å². The van der Waals surface area contributed by atoms with E-state index in [4.69, 9.17) is 5.73 Å². The summed E-state index contributed by atoms with van der Waals surface area (Å²) in [4.78, 5) is 18.6. The largest absolute Gasteiger partial charge is 0.393 e. The number of anilines is 1. The molecule has 1 fully saturated rings. The van der Waals surface area contributed by atoms with E-state index in [1.165, 1.54) is 6.20 Å². The molecular weight excluding hydrogens is 309 g/mol. The third-order valence-corrected chi connectivity index (χ3v) is 4.37. The minimum Gasteiger partial charge on any atom is -0.380 e. The number of pyridine rings is 1. The van der Waals surface area contributed by atoms with Crippen LogP contribution in [0, 0.1) is 5.92 Å². The molecule has 0 aromatic carbocycles. The minimum atomic E-state index is -4.27.